The standard InChI is InChI=1S/C17H17ClN4O/c1-16(2,23)13-14-20-21-15(22(14)10-9-19-13)17(7-8-17)11-3-5-12(18)6-4-11/h3-6,9-10,23H,7-8H2,1-2H3. The van der Waals surface area contributed by atoms with Crippen LogP contribution in [0.15, 0.2) is 36.7 Å². The molecule has 2 aromatic heterocycles. The van der Waals surface area contributed by atoms with Crippen LogP contribution in [-0.4, -0.2) is 24.7 Å². The fourth-order valence-corrected chi connectivity index (χ4v) is 3.25. The number of hydrogen-bond donors (Lipinski definition) is 1. The summed E-state index contributed by atoms with van der Waals surface area (Å²) in [6.45, 7) is 3.41. The molecule has 1 saturated carbocycles. The van der Waals surface area contributed by atoms with Crippen molar-refractivity contribution in [3.05, 3.63) is 58.8 Å². The van der Waals surface area contributed by atoms with Crippen LogP contribution in [0.3, 0.4) is 0 Å². The highest BCUT2D eigenvalue weighted by Gasteiger charge is 2.50. The zero-order valence-corrected chi connectivity index (χ0v) is 13.7. The van der Waals surface area contributed by atoms with E-state index in [-0.39, 0.29) is 5.41 Å². The molecule has 0 saturated heterocycles. The molecule has 1 aromatic carbocycles. The second kappa shape index (κ2) is 4.76. The van der Waals surface area contributed by atoms with Crippen molar-refractivity contribution in [2.45, 2.75) is 37.7 Å². The van der Waals surface area contributed by atoms with Crippen LogP contribution in [0.4, 0.5) is 0 Å². The maximum Gasteiger partial charge on any atom is 0.185 e. The molecule has 1 fully saturated rings. The number of aliphatic hydroxyl groups is 1. The summed E-state index contributed by atoms with van der Waals surface area (Å²) in [6, 6.07) is 7.91. The Morgan fingerprint density at radius 1 is 1.17 bits per heavy atom. The lowest BCUT2D eigenvalue weighted by molar-refractivity contribution is 0.0749. The summed E-state index contributed by atoms with van der Waals surface area (Å²) in [5.41, 5.74) is 1.14. The van der Waals surface area contributed by atoms with Crippen molar-refractivity contribution in [1.82, 2.24) is 19.6 Å². The van der Waals surface area contributed by atoms with Gasteiger partial charge in [-0.1, -0.05) is 23.7 Å². The fourth-order valence-electron chi connectivity index (χ4n) is 3.12. The molecular formula is C17H17ClN4O. The van der Waals surface area contributed by atoms with Gasteiger partial charge in [-0.25, -0.2) is 0 Å². The molecule has 1 N–H and O–H groups in total. The van der Waals surface area contributed by atoms with Crippen LogP contribution in [-0.2, 0) is 11.0 Å². The molecule has 2 heterocycles. The van der Waals surface area contributed by atoms with Gasteiger partial charge in [-0.15, -0.1) is 10.2 Å². The molecule has 1 aliphatic rings. The second-order valence-electron chi connectivity index (χ2n) is 6.64. The SMILES string of the molecule is CC(C)(O)c1nccn2c(C3(c4ccc(Cl)cc4)CC3)nnc12. The Balaban J connectivity index is 1.89. The van der Waals surface area contributed by atoms with Crippen molar-refractivity contribution < 1.29 is 5.11 Å². The van der Waals surface area contributed by atoms with E-state index in [2.05, 4.69) is 27.3 Å². The van der Waals surface area contributed by atoms with Crippen LogP contribution in [0.25, 0.3) is 5.65 Å². The van der Waals surface area contributed by atoms with E-state index in [1.807, 2.05) is 22.7 Å². The van der Waals surface area contributed by atoms with Crippen LogP contribution in [0.5, 0.6) is 0 Å². The molecule has 6 heteroatoms. The maximum atomic E-state index is 10.3. The van der Waals surface area contributed by atoms with Crippen LogP contribution < -0.4 is 0 Å². The molecule has 0 unspecified atom stereocenters. The van der Waals surface area contributed by atoms with Gasteiger partial charge in [-0.05, 0) is 44.4 Å². The van der Waals surface area contributed by atoms with Crippen LogP contribution in [0.2, 0.25) is 5.02 Å². The zero-order valence-electron chi connectivity index (χ0n) is 13.0. The molecule has 0 bridgehead atoms. The van der Waals surface area contributed by atoms with Gasteiger partial charge in [0.15, 0.2) is 5.65 Å². The molecule has 4 rings (SSSR count). The summed E-state index contributed by atoms with van der Waals surface area (Å²) in [6.07, 6.45) is 5.59. The first-order chi connectivity index (χ1) is 10.9. The Labute approximate surface area is 139 Å². The van der Waals surface area contributed by atoms with Crippen LogP contribution in [0.1, 0.15) is 43.8 Å². The van der Waals surface area contributed by atoms with Crippen molar-refractivity contribution >= 4 is 17.2 Å². The Bertz CT molecular complexity index is 876. The quantitative estimate of drug-likeness (QED) is 0.802. The molecule has 118 valence electrons. The first-order valence-electron chi connectivity index (χ1n) is 7.61. The Kier molecular flexibility index (Phi) is 3.02. The topological polar surface area (TPSA) is 63.3 Å². The van der Waals surface area contributed by atoms with E-state index >= 15 is 0 Å². The van der Waals surface area contributed by atoms with Crippen molar-refractivity contribution in [2.24, 2.45) is 0 Å². The average molecular weight is 329 g/mol. The van der Waals surface area contributed by atoms with Gasteiger partial charge in [-0.2, -0.15) is 0 Å². The Hall–Kier alpha value is -1.98. The molecule has 0 atom stereocenters. The van der Waals surface area contributed by atoms with E-state index < -0.39 is 5.60 Å². The molecule has 0 aliphatic heterocycles. The van der Waals surface area contributed by atoms with Gasteiger partial charge in [-0.3, -0.25) is 9.38 Å². The number of halogens is 1. The minimum atomic E-state index is -1.07. The lowest BCUT2D eigenvalue weighted by Gasteiger charge is -2.18. The third-order valence-electron chi connectivity index (χ3n) is 4.48. The molecule has 5 nitrogen and oxygen atoms in total. The minimum Gasteiger partial charge on any atom is -0.384 e. The lowest BCUT2D eigenvalue weighted by Crippen LogP contribution is -2.20. The van der Waals surface area contributed by atoms with Gasteiger partial charge in [0.05, 0.1) is 5.41 Å². The zero-order chi connectivity index (χ0) is 16.2. The number of fused-ring (bicyclic) bond motifs is 1. The third-order valence-corrected chi connectivity index (χ3v) is 4.73. The van der Waals surface area contributed by atoms with Gasteiger partial charge in [0.2, 0.25) is 0 Å². The van der Waals surface area contributed by atoms with E-state index in [0.29, 0.717) is 11.3 Å². The predicted molar refractivity (Wildman–Crippen MR) is 87.5 cm³/mol. The first-order valence-corrected chi connectivity index (χ1v) is 7.99. The smallest absolute Gasteiger partial charge is 0.185 e. The lowest BCUT2D eigenvalue weighted by atomic mass is 9.95. The fraction of sp³-hybridized carbons (Fsp3) is 0.353. The van der Waals surface area contributed by atoms with E-state index in [4.69, 9.17) is 11.6 Å². The van der Waals surface area contributed by atoms with Crippen molar-refractivity contribution in [3.63, 3.8) is 0 Å². The monoisotopic (exact) mass is 328 g/mol. The highest BCUT2D eigenvalue weighted by molar-refractivity contribution is 6.30. The van der Waals surface area contributed by atoms with Gasteiger partial charge in [0.25, 0.3) is 0 Å². The number of rotatable bonds is 3. The Morgan fingerprint density at radius 2 is 1.87 bits per heavy atom. The van der Waals surface area contributed by atoms with Gasteiger partial charge < -0.3 is 5.11 Å². The normalized spacial score (nSPS) is 16.7. The highest BCUT2D eigenvalue weighted by Crippen LogP contribution is 2.52. The summed E-state index contributed by atoms with van der Waals surface area (Å²) < 4.78 is 1.95. The number of hydrogen-bond acceptors (Lipinski definition) is 4. The number of nitrogens with zero attached hydrogens (tertiary/aromatic N) is 4. The summed E-state index contributed by atoms with van der Waals surface area (Å²) >= 11 is 6.00. The molecular weight excluding hydrogens is 312 g/mol. The molecule has 0 spiro atoms. The Morgan fingerprint density at radius 3 is 2.48 bits per heavy atom. The van der Waals surface area contributed by atoms with Gasteiger partial charge >= 0.3 is 0 Å². The summed E-state index contributed by atoms with van der Waals surface area (Å²) in [7, 11) is 0. The van der Waals surface area contributed by atoms with Crippen LogP contribution in [0, 0.1) is 0 Å². The summed E-state index contributed by atoms with van der Waals surface area (Å²) in [5.74, 6) is 0.891. The highest BCUT2D eigenvalue weighted by atomic mass is 35.5. The number of benzene rings is 1. The van der Waals surface area contributed by atoms with E-state index in [9.17, 15) is 5.11 Å². The maximum absolute atomic E-state index is 10.3. The third kappa shape index (κ3) is 2.23. The molecule has 23 heavy (non-hydrogen) atoms. The van der Waals surface area contributed by atoms with Gasteiger partial charge in [0, 0.05) is 17.4 Å². The molecule has 0 amide bonds. The van der Waals surface area contributed by atoms with Crippen LogP contribution >= 0.6 is 11.6 Å². The van der Waals surface area contributed by atoms with Crippen molar-refractivity contribution in [3.8, 4) is 0 Å². The summed E-state index contributed by atoms with van der Waals surface area (Å²) in [5, 5.41) is 19.8. The molecule has 1 aliphatic carbocycles. The minimum absolute atomic E-state index is 0.123. The average Bonchev–Trinajstić information content (AvgIpc) is 3.19. The van der Waals surface area contributed by atoms with Crippen molar-refractivity contribution in [2.75, 3.05) is 0 Å². The molecule has 3 aromatic rings. The predicted octanol–water partition coefficient (Wildman–Crippen LogP) is 3.09. The van der Waals surface area contributed by atoms with Crippen molar-refractivity contribution in [1.29, 1.82) is 0 Å². The largest absolute Gasteiger partial charge is 0.384 e. The number of aromatic nitrogens is 4. The first kappa shape index (κ1) is 14.6. The van der Waals surface area contributed by atoms with E-state index in [1.165, 1.54) is 5.56 Å². The molecule has 0 radical (unpaired) electrons. The van der Waals surface area contributed by atoms with E-state index in [0.717, 1.165) is 23.7 Å². The van der Waals surface area contributed by atoms with Gasteiger partial charge in [0.1, 0.15) is 17.1 Å². The summed E-state index contributed by atoms with van der Waals surface area (Å²) in [4.78, 5) is 4.29. The van der Waals surface area contributed by atoms with E-state index in [1.54, 1.807) is 20.0 Å². The second-order valence-corrected chi connectivity index (χ2v) is 7.08.